The number of nitrogens with zero attached hydrogens (tertiary/aromatic N) is 1. The minimum absolute atomic E-state index is 0.0534. The average Bonchev–Trinajstić information content (AvgIpc) is 2.42. The number of aliphatic hydroxyl groups is 1. The van der Waals surface area contributed by atoms with Crippen molar-refractivity contribution < 1.29 is 14.6 Å². The van der Waals surface area contributed by atoms with Crippen molar-refractivity contribution in [2.45, 2.75) is 6.92 Å². The van der Waals surface area contributed by atoms with E-state index in [0.29, 0.717) is 23.8 Å². The molecule has 104 valence electrons. The van der Waals surface area contributed by atoms with Crippen LogP contribution in [0.3, 0.4) is 0 Å². The van der Waals surface area contributed by atoms with Crippen LogP contribution in [-0.2, 0) is 4.79 Å². The van der Waals surface area contributed by atoms with Crippen LogP contribution in [0.2, 0.25) is 0 Å². The molecule has 0 aliphatic carbocycles. The molecule has 1 aromatic rings. The SMILES string of the molecule is CCN(CCO)C(=O)COc1ccc(C(N)=S)cc1. The lowest BCUT2D eigenvalue weighted by molar-refractivity contribution is -0.133. The second-order valence-electron chi connectivity index (χ2n) is 3.87. The molecular formula is C13H18N2O3S. The Morgan fingerprint density at radius 2 is 2.05 bits per heavy atom. The van der Waals surface area contributed by atoms with Gasteiger partial charge in [-0.25, -0.2) is 0 Å². The molecule has 0 saturated carbocycles. The zero-order valence-electron chi connectivity index (χ0n) is 10.8. The second kappa shape index (κ2) is 7.70. The van der Waals surface area contributed by atoms with E-state index in [1.165, 1.54) is 4.90 Å². The van der Waals surface area contributed by atoms with E-state index in [2.05, 4.69) is 0 Å². The number of carbonyl (C=O) groups excluding carboxylic acids is 1. The molecule has 3 N–H and O–H groups in total. The minimum Gasteiger partial charge on any atom is -0.484 e. The summed E-state index contributed by atoms with van der Waals surface area (Å²) in [7, 11) is 0. The highest BCUT2D eigenvalue weighted by atomic mass is 32.1. The zero-order valence-corrected chi connectivity index (χ0v) is 11.7. The molecule has 0 heterocycles. The Balaban J connectivity index is 2.52. The fourth-order valence-electron chi connectivity index (χ4n) is 1.53. The Morgan fingerprint density at radius 1 is 1.42 bits per heavy atom. The summed E-state index contributed by atoms with van der Waals surface area (Å²) < 4.78 is 5.37. The van der Waals surface area contributed by atoms with E-state index in [4.69, 9.17) is 27.8 Å². The topological polar surface area (TPSA) is 75.8 Å². The van der Waals surface area contributed by atoms with Crippen LogP contribution in [0.5, 0.6) is 5.75 Å². The predicted octanol–water partition coefficient (Wildman–Crippen LogP) is 0.540. The molecule has 5 nitrogen and oxygen atoms in total. The van der Waals surface area contributed by atoms with Crippen LogP contribution in [-0.4, -0.2) is 47.2 Å². The molecule has 0 aromatic heterocycles. The third-order valence-corrected chi connectivity index (χ3v) is 2.84. The molecule has 1 rings (SSSR count). The first-order valence-corrected chi connectivity index (χ1v) is 6.40. The molecule has 0 saturated heterocycles. The predicted molar refractivity (Wildman–Crippen MR) is 77.2 cm³/mol. The van der Waals surface area contributed by atoms with Gasteiger partial charge in [0.15, 0.2) is 6.61 Å². The highest BCUT2D eigenvalue weighted by Gasteiger charge is 2.11. The van der Waals surface area contributed by atoms with Gasteiger partial charge in [0.05, 0.1) is 6.61 Å². The molecular weight excluding hydrogens is 264 g/mol. The van der Waals surface area contributed by atoms with E-state index < -0.39 is 0 Å². The molecule has 0 aliphatic rings. The fourth-order valence-corrected chi connectivity index (χ4v) is 1.67. The maximum Gasteiger partial charge on any atom is 0.260 e. The van der Waals surface area contributed by atoms with E-state index in [1.807, 2.05) is 6.92 Å². The van der Waals surface area contributed by atoms with E-state index >= 15 is 0 Å². The van der Waals surface area contributed by atoms with Gasteiger partial charge in [-0.05, 0) is 31.2 Å². The van der Waals surface area contributed by atoms with Crippen molar-refractivity contribution in [3.63, 3.8) is 0 Å². The van der Waals surface area contributed by atoms with Crippen LogP contribution in [0.25, 0.3) is 0 Å². The monoisotopic (exact) mass is 282 g/mol. The normalized spacial score (nSPS) is 10.0. The summed E-state index contributed by atoms with van der Waals surface area (Å²) in [5.41, 5.74) is 6.24. The van der Waals surface area contributed by atoms with E-state index in [-0.39, 0.29) is 19.1 Å². The largest absolute Gasteiger partial charge is 0.484 e. The Kier molecular flexibility index (Phi) is 6.24. The fraction of sp³-hybridized carbons (Fsp3) is 0.385. The van der Waals surface area contributed by atoms with Gasteiger partial charge in [-0.2, -0.15) is 0 Å². The minimum atomic E-state index is -0.157. The number of ether oxygens (including phenoxy) is 1. The lowest BCUT2D eigenvalue weighted by atomic mass is 10.2. The zero-order chi connectivity index (χ0) is 14.3. The summed E-state index contributed by atoms with van der Waals surface area (Å²) in [4.78, 5) is 13.6. The number of thiocarbonyl (C=S) groups is 1. The van der Waals surface area contributed by atoms with Gasteiger partial charge >= 0.3 is 0 Å². The van der Waals surface area contributed by atoms with E-state index in [9.17, 15) is 4.79 Å². The Hall–Kier alpha value is -1.66. The van der Waals surface area contributed by atoms with Gasteiger partial charge in [-0.1, -0.05) is 12.2 Å². The molecule has 0 bridgehead atoms. The number of amides is 1. The Bertz CT molecular complexity index is 434. The van der Waals surface area contributed by atoms with Crippen LogP contribution in [0, 0.1) is 0 Å². The Labute approximate surface area is 118 Å². The quantitative estimate of drug-likeness (QED) is 0.714. The highest BCUT2D eigenvalue weighted by molar-refractivity contribution is 7.80. The molecule has 0 fully saturated rings. The maximum atomic E-state index is 11.8. The van der Waals surface area contributed by atoms with Crippen LogP contribution >= 0.6 is 12.2 Å². The highest BCUT2D eigenvalue weighted by Crippen LogP contribution is 2.12. The van der Waals surface area contributed by atoms with Crippen LogP contribution < -0.4 is 10.5 Å². The van der Waals surface area contributed by atoms with Crippen molar-refractivity contribution in [2.24, 2.45) is 5.73 Å². The number of hydrogen-bond donors (Lipinski definition) is 2. The Morgan fingerprint density at radius 3 is 2.53 bits per heavy atom. The van der Waals surface area contributed by atoms with Crippen molar-refractivity contribution >= 4 is 23.1 Å². The lowest BCUT2D eigenvalue weighted by Gasteiger charge is -2.19. The molecule has 19 heavy (non-hydrogen) atoms. The summed E-state index contributed by atoms with van der Waals surface area (Å²) >= 11 is 4.84. The first-order valence-electron chi connectivity index (χ1n) is 5.99. The van der Waals surface area contributed by atoms with Crippen LogP contribution in [0.4, 0.5) is 0 Å². The van der Waals surface area contributed by atoms with Crippen molar-refractivity contribution in [2.75, 3.05) is 26.3 Å². The number of hydrogen-bond acceptors (Lipinski definition) is 4. The smallest absolute Gasteiger partial charge is 0.260 e. The van der Waals surface area contributed by atoms with Gasteiger partial charge < -0.3 is 20.5 Å². The number of rotatable bonds is 7. The lowest BCUT2D eigenvalue weighted by Crippen LogP contribution is -2.36. The molecule has 1 aromatic carbocycles. The summed E-state index contributed by atoms with van der Waals surface area (Å²) in [6.45, 7) is 2.61. The van der Waals surface area contributed by atoms with Crippen LogP contribution in [0.15, 0.2) is 24.3 Å². The molecule has 0 radical (unpaired) electrons. The van der Waals surface area contributed by atoms with Crippen molar-refractivity contribution in [1.82, 2.24) is 4.90 Å². The van der Waals surface area contributed by atoms with Crippen molar-refractivity contribution in [3.8, 4) is 5.75 Å². The number of carbonyl (C=O) groups is 1. The van der Waals surface area contributed by atoms with Gasteiger partial charge in [0.2, 0.25) is 0 Å². The second-order valence-corrected chi connectivity index (χ2v) is 4.31. The first-order chi connectivity index (χ1) is 9.08. The standard InChI is InChI=1S/C13H18N2O3S/c1-2-15(7-8-16)12(17)9-18-11-5-3-10(4-6-11)13(14)19/h3-6,16H,2,7-9H2,1H3,(H2,14,19). The molecule has 0 spiro atoms. The van der Waals surface area contributed by atoms with Gasteiger partial charge in [0.1, 0.15) is 10.7 Å². The molecule has 0 atom stereocenters. The summed E-state index contributed by atoms with van der Waals surface area (Å²) in [6.07, 6.45) is 0. The third kappa shape index (κ3) is 4.84. The summed E-state index contributed by atoms with van der Waals surface area (Å²) in [5.74, 6) is 0.420. The van der Waals surface area contributed by atoms with Crippen molar-refractivity contribution in [3.05, 3.63) is 29.8 Å². The van der Waals surface area contributed by atoms with Crippen molar-refractivity contribution in [1.29, 1.82) is 0 Å². The van der Waals surface area contributed by atoms with Crippen LogP contribution in [0.1, 0.15) is 12.5 Å². The average molecular weight is 282 g/mol. The maximum absolute atomic E-state index is 11.8. The molecule has 6 heteroatoms. The molecule has 1 amide bonds. The number of nitrogens with two attached hydrogens (primary N) is 1. The van der Waals surface area contributed by atoms with E-state index in [0.717, 1.165) is 5.56 Å². The number of likely N-dealkylation sites (N-methyl/N-ethyl adjacent to an activating group) is 1. The van der Waals surface area contributed by atoms with E-state index in [1.54, 1.807) is 24.3 Å². The van der Waals surface area contributed by atoms with Gasteiger partial charge in [-0.15, -0.1) is 0 Å². The first kappa shape index (κ1) is 15.4. The van der Waals surface area contributed by atoms with Gasteiger partial charge in [-0.3, -0.25) is 4.79 Å². The third-order valence-electron chi connectivity index (χ3n) is 2.61. The molecule has 0 unspecified atom stereocenters. The summed E-state index contributed by atoms with van der Waals surface area (Å²) in [6, 6.07) is 6.91. The summed E-state index contributed by atoms with van der Waals surface area (Å²) in [5, 5.41) is 8.83. The number of benzene rings is 1. The van der Waals surface area contributed by atoms with Gasteiger partial charge in [0.25, 0.3) is 5.91 Å². The van der Waals surface area contributed by atoms with Gasteiger partial charge in [0, 0.05) is 18.7 Å². The number of aliphatic hydroxyl groups excluding tert-OH is 1. The molecule has 0 aliphatic heterocycles.